The molecule has 1 unspecified atom stereocenters. The van der Waals surface area contributed by atoms with Crippen molar-refractivity contribution >= 4 is 5.82 Å². The second-order valence-electron chi connectivity index (χ2n) is 5.16. The van der Waals surface area contributed by atoms with E-state index in [-0.39, 0.29) is 12.6 Å². The minimum Gasteiger partial charge on any atom is -0.394 e. The van der Waals surface area contributed by atoms with E-state index in [2.05, 4.69) is 35.1 Å². The summed E-state index contributed by atoms with van der Waals surface area (Å²) in [6.07, 6.45) is 1.90. The Bertz CT molecular complexity index is 381. The number of pyridine rings is 1. The molecule has 0 amide bonds. The van der Waals surface area contributed by atoms with E-state index in [0.29, 0.717) is 19.3 Å². The maximum absolute atomic E-state index is 9.36. The fourth-order valence-electron chi connectivity index (χ4n) is 2.12. The van der Waals surface area contributed by atoms with Crippen molar-refractivity contribution in [2.24, 2.45) is 0 Å². The van der Waals surface area contributed by atoms with Crippen LogP contribution < -0.4 is 10.2 Å². The van der Waals surface area contributed by atoms with Crippen LogP contribution >= 0.6 is 0 Å². The molecule has 1 aromatic heterocycles. The molecule has 0 radical (unpaired) electrons. The van der Waals surface area contributed by atoms with Crippen LogP contribution in [-0.4, -0.2) is 48.5 Å². The molecular weight excluding hydrogens is 242 g/mol. The van der Waals surface area contributed by atoms with Crippen LogP contribution in [0.25, 0.3) is 0 Å². The molecular formula is C14H23N3O2. The van der Waals surface area contributed by atoms with Crippen LogP contribution in [0, 0.1) is 0 Å². The van der Waals surface area contributed by atoms with E-state index in [0.717, 1.165) is 18.9 Å². The summed E-state index contributed by atoms with van der Waals surface area (Å²) >= 11 is 0. The predicted octanol–water partition coefficient (Wildman–Crippen LogP) is 0.777. The Balaban J connectivity index is 2.00. The van der Waals surface area contributed by atoms with Gasteiger partial charge in [0, 0.05) is 25.3 Å². The van der Waals surface area contributed by atoms with Gasteiger partial charge in [-0.2, -0.15) is 0 Å². The number of hydrogen-bond acceptors (Lipinski definition) is 5. The summed E-state index contributed by atoms with van der Waals surface area (Å²) in [5.74, 6) is 0.913. The summed E-state index contributed by atoms with van der Waals surface area (Å²) in [4.78, 5) is 6.61. The molecule has 5 nitrogen and oxygen atoms in total. The van der Waals surface area contributed by atoms with E-state index in [1.165, 1.54) is 5.56 Å². The van der Waals surface area contributed by atoms with Gasteiger partial charge in [-0.15, -0.1) is 0 Å². The number of aliphatic hydroxyl groups is 1. The topological polar surface area (TPSA) is 57.6 Å². The molecule has 1 atom stereocenters. The SMILES string of the molecule is CC(C)NCc1ccc(N2CCOCC2CO)nc1. The van der Waals surface area contributed by atoms with Gasteiger partial charge in [0.2, 0.25) is 0 Å². The van der Waals surface area contributed by atoms with Crippen LogP contribution in [0.2, 0.25) is 0 Å². The van der Waals surface area contributed by atoms with Gasteiger partial charge < -0.3 is 20.1 Å². The first-order valence-electron chi connectivity index (χ1n) is 6.84. The maximum atomic E-state index is 9.36. The van der Waals surface area contributed by atoms with Crippen molar-refractivity contribution in [2.45, 2.75) is 32.5 Å². The standard InChI is InChI=1S/C14H23N3O2/c1-11(2)15-7-12-3-4-14(16-8-12)17-5-6-19-10-13(17)9-18/h3-4,8,11,13,15,18H,5-7,9-10H2,1-2H3. The van der Waals surface area contributed by atoms with E-state index in [1.54, 1.807) is 0 Å². The molecule has 2 rings (SSSR count). The second-order valence-corrected chi connectivity index (χ2v) is 5.16. The third kappa shape index (κ3) is 3.89. The lowest BCUT2D eigenvalue weighted by Crippen LogP contribution is -2.48. The van der Waals surface area contributed by atoms with Crippen molar-refractivity contribution in [1.82, 2.24) is 10.3 Å². The Kier molecular flexibility index (Phi) is 5.13. The molecule has 1 fully saturated rings. The van der Waals surface area contributed by atoms with Gasteiger partial charge in [-0.05, 0) is 11.6 Å². The fraction of sp³-hybridized carbons (Fsp3) is 0.643. The highest BCUT2D eigenvalue weighted by Gasteiger charge is 2.23. The van der Waals surface area contributed by atoms with Gasteiger partial charge in [0.05, 0.1) is 25.9 Å². The smallest absolute Gasteiger partial charge is 0.128 e. The van der Waals surface area contributed by atoms with Crippen LogP contribution in [0.4, 0.5) is 5.82 Å². The summed E-state index contributed by atoms with van der Waals surface area (Å²) in [7, 11) is 0. The monoisotopic (exact) mass is 265 g/mol. The molecule has 0 aromatic carbocycles. The van der Waals surface area contributed by atoms with Crippen LogP contribution in [0.15, 0.2) is 18.3 Å². The number of anilines is 1. The quantitative estimate of drug-likeness (QED) is 0.824. The average molecular weight is 265 g/mol. The molecule has 106 valence electrons. The van der Waals surface area contributed by atoms with Crippen molar-refractivity contribution in [3.63, 3.8) is 0 Å². The Labute approximate surface area is 114 Å². The molecule has 0 saturated carbocycles. The highest BCUT2D eigenvalue weighted by molar-refractivity contribution is 5.41. The van der Waals surface area contributed by atoms with Gasteiger partial charge in [-0.3, -0.25) is 0 Å². The normalized spacial score (nSPS) is 20.0. The van der Waals surface area contributed by atoms with Crippen molar-refractivity contribution < 1.29 is 9.84 Å². The van der Waals surface area contributed by atoms with Gasteiger partial charge in [0.15, 0.2) is 0 Å². The Morgan fingerprint density at radius 3 is 3.00 bits per heavy atom. The molecule has 2 N–H and O–H groups in total. The van der Waals surface area contributed by atoms with Crippen LogP contribution in [-0.2, 0) is 11.3 Å². The number of nitrogens with one attached hydrogen (secondary N) is 1. The minimum atomic E-state index is 0.0147. The zero-order valence-corrected chi connectivity index (χ0v) is 11.7. The maximum Gasteiger partial charge on any atom is 0.128 e. The molecule has 1 saturated heterocycles. The van der Waals surface area contributed by atoms with Crippen LogP contribution in [0.3, 0.4) is 0 Å². The molecule has 0 aliphatic carbocycles. The first-order chi connectivity index (χ1) is 9.20. The van der Waals surface area contributed by atoms with Gasteiger partial charge in [-0.25, -0.2) is 4.98 Å². The lowest BCUT2D eigenvalue weighted by atomic mass is 10.2. The summed E-state index contributed by atoms with van der Waals surface area (Å²) in [6.45, 7) is 7.21. The molecule has 0 bridgehead atoms. The Hall–Kier alpha value is -1.17. The summed E-state index contributed by atoms with van der Waals surface area (Å²) in [6, 6.07) is 4.59. The first kappa shape index (κ1) is 14.2. The molecule has 5 heteroatoms. The number of aromatic nitrogens is 1. The lowest BCUT2D eigenvalue weighted by Gasteiger charge is -2.35. The van der Waals surface area contributed by atoms with Crippen LogP contribution in [0.5, 0.6) is 0 Å². The molecule has 1 aliphatic rings. The highest BCUT2D eigenvalue weighted by Crippen LogP contribution is 2.17. The summed E-state index contributed by atoms with van der Waals surface area (Å²) in [5, 5.41) is 12.7. The van der Waals surface area contributed by atoms with Crippen molar-refractivity contribution in [2.75, 3.05) is 31.3 Å². The van der Waals surface area contributed by atoms with Gasteiger partial charge in [0.1, 0.15) is 5.82 Å². The molecule has 19 heavy (non-hydrogen) atoms. The average Bonchev–Trinajstić information content (AvgIpc) is 2.45. The fourth-order valence-corrected chi connectivity index (χ4v) is 2.12. The largest absolute Gasteiger partial charge is 0.394 e. The third-order valence-electron chi connectivity index (χ3n) is 3.26. The van der Waals surface area contributed by atoms with E-state index in [4.69, 9.17) is 4.74 Å². The zero-order chi connectivity index (χ0) is 13.7. The number of rotatable bonds is 5. The molecule has 0 spiro atoms. The Morgan fingerprint density at radius 1 is 1.53 bits per heavy atom. The van der Waals surface area contributed by atoms with Crippen molar-refractivity contribution in [3.8, 4) is 0 Å². The van der Waals surface area contributed by atoms with Crippen LogP contribution in [0.1, 0.15) is 19.4 Å². The second kappa shape index (κ2) is 6.84. The minimum absolute atomic E-state index is 0.0147. The Morgan fingerprint density at radius 2 is 2.37 bits per heavy atom. The number of aliphatic hydroxyl groups excluding tert-OH is 1. The number of morpholine rings is 1. The molecule has 1 aromatic rings. The van der Waals surface area contributed by atoms with Gasteiger partial charge >= 0.3 is 0 Å². The van der Waals surface area contributed by atoms with E-state index in [1.807, 2.05) is 12.3 Å². The number of nitrogens with zero attached hydrogens (tertiary/aromatic N) is 2. The van der Waals surface area contributed by atoms with E-state index in [9.17, 15) is 5.11 Å². The predicted molar refractivity (Wildman–Crippen MR) is 75.3 cm³/mol. The molecule has 1 aliphatic heterocycles. The van der Waals surface area contributed by atoms with Gasteiger partial charge in [0.25, 0.3) is 0 Å². The number of ether oxygens (including phenoxy) is 1. The highest BCUT2D eigenvalue weighted by atomic mass is 16.5. The van der Waals surface area contributed by atoms with Gasteiger partial charge in [-0.1, -0.05) is 19.9 Å². The van der Waals surface area contributed by atoms with E-state index < -0.39 is 0 Å². The van der Waals surface area contributed by atoms with Crippen molar-refractivity contribution in [1.29, 1.82) is 0 Å². The number of hydrogen-bond donors (Lipinski definition) is 2. The summed E-state index contributed by atoms with van der Waals surface area (Å²) < 4.78 is 5.37. The van der Waals surface area contributed by atoms with Crippen molar-refractivity contribution in [3.05, 3.63) is 23.9 Å². The third-order valence-corrected chi connectivity index (χ3v) is 3.26. The lowest BCUT2D eigenvalue weighted by molar-refractivity contribution is 0.0723. The summed E-state index contributed by atoms with van der Waals surface area (Å²) in [5.41, 5.74) is 1.17. The first-order valence-corrected chi connectivity index (χ1v) is 6.84. The van der Waals surface area contributed by atoms with E-state index >= 15 is 0 Å². The zero-order valence-electron chi connectivity index (χ0n) is 11.7. The molecule has 2 heterocycles.